The molecule has 0 spiro atoms. The van der Waals surface area contributed by atoms with Crippen LogP contribution in [0.15, 0.2) is 0 Å². The van der Waals surface area contributed by atoms with E-state index in [2.05, 4.69) is 10.6 Å². The van der Waals surface area contributed by atoms with Crippen LogP contribution in [0.3, 0.4) is 0 Å². The molecule has 6 N–H and O–H groups in total. The maximum atomic E-state index is 12.4. The highest BCUT2D eigenvalue weighted by Crippen LogP contribution is 2.18. The van der Waals surface area contributed by atoms with Crippen molar-refractivity contribution in [1.82, 2.24) is 15.5 Å². The van der Waals surface area contributed by atoms with E-state index < -0.39 is 54.0 Å². The molecule has 1 fully saturated rings. The van der Waals surface area contributed by atoms with Crippen LogP contribution in [-0.2, 0) is 19.2 Å². The largest absolute Gasteiger partial charge is 0.480 e. The summed E-state index contributed by atoms with van der Waals surface area (Å²) in [5.74, 6) is -2.99. The van der Waals surface area contributed by atoms with Crippen LogP contribution in [0.1, 0.15) is 33.6 Å². The molecule has 3 amide bonds. The SMILES string of the molecule is C[C@H](N)C(=O)N[C@H](C(=O)N[C@@H](C)C(=O)N1CCC[C@H]1C(=O)O)[C@@H](C)O. The Bertz CT molecular complexity index is 536. The molecule has 0 aromatic heterocycles. The maximum absolute atomic E-state index is 12.4. The zero-order valence-electron chi connectivity index (χ0n) is 14.6. The summed E-state index contributed by atoms with van der Waals surface area (Å²) >= 11 is 0. The van der Waals surface area contributed by atoms with Gasteiger partial charge in [-0.05, 0) is 33.6 Å². The third-order valence-electron chi connectivity index (χ3n) is 4.03. The van der Waals surface area contributed by atoms with Crippen LogP contribution in [0.2, 0.25) is 0 Å². The van der Waals surface area contributed by atoms with Crippen LogP contribution in [0.25, 0.3) is 0 Å². The summed E-state index contributed by atoms with van der Waals surface area (Å²) in [6.45, 7) is 4.47. The van der Waals surface area contributed by atoms with Gasteiger partial charge < -0.3 is 31.5 Å². The smallest absolute Gasteiger partial charge is 0.326 e. The van der Waals surface area contributed by atoms with E-state index in [-0.39, 0.29) is 0 Å². The monoisotopic (exact) mass is 358 g/mol. The number of carbonyl (C=O) groups excluding carboxylic acids is 3. The number of carboxylic acids is 1. The lowest BCUT2D eigenvalue weighted by Gasteiger charge is -2.27. The molecule has 0 saturated carbocycles. The first-order chi connectivity index (χ1) is 11.6. The van der Waals surface area contributed by atoms with Gasteiger partial charge in [0.1, 0.15) is 18.1 Å². The van der Waals surface area contributed by atoms with Crippen LogP contribution in [0.5, 0.6) is 0 Å². The van der Waals surface area contributed by atoms with Gasteiger partial charge in [0.2, 0.25) is 17.7 Å². The van der Waals surface area contributed by atoms with Crippen LogP contribution in [0, 0.1) is 0 Å². The zero-order valence-corrected chi connectivity index (χ0v) is 14.6. The summed E-state index contributed by atoms with van der Waals surface area (Å²) in [7, 11) is 0. The second-order valence-corrected chi connectivity index (χ2v) is 6.27. The minimum absolute atomic E-state index is 0.303. The van der Waals surface area contributed by atoms with Gasteiger partial charge in [-0.15, -0.1) is 0 Å². The average molecular weight is 358 g/mol. The van der Waals surface area contributed by atoms with Crippen molar-refractivity contribution in [2.75, 3.05) is 6.54 Å². The van der Waals surface area contributed by atoms with Crippen LogP contribution < -0.4 is 16.4 Å². The molecule has 10 heteroatoms. The Hall–Kier alpha value is -2.20. The lowest BCUT2D eigenvalue weighted by Crippen LogP contribution is -2.58. The Kier molecular flexibility index (Phi) is 7.31. The number of likely N-dealkylation sites (tertiary alicyclic amines) is 1. The fourth-order valence-electron chi connectivity index (χ4n) is 2.59. The second kappa shape index (κ2) is 8.77. The first-order valence-corrected chi connectivity index (χ1v) is 8.14. The number of hydrogen-bond donors (Lipinski definition) is 5. The van der Waals surface area contributed by atoms with E-state index in [0.717, 1.165) is 0 Å². The second-order valence-electron chi connectivity index (χ2n) is 6.27. The number of nitrogens with zero attached hydrogens (tertiary/aromatic N) is 1. The molecule has 5 atom stereocenters. The maximum Gasteiger partial charge on any atom is 0.326 e. The van der Waals surface area contributed by atoms with E-state index in [0.29, 0.717) is 19.4 Å². The minimum Gasteiger partial charge on any atom is -0.480 e. The third kappa shape index (κ3) is 5.40. The summed E-state index contributed by atoms with van der Waals surface area (Å²) in [6, 6.07) is -4.05. The van der Waals surface area contributed by atoms with Gasteiger partial charge in [-0.25, -0.2) is 4.79 Å². The normalized spacial score (nSPS) is 21.8. The molecule has 0 aromatic carbocycles. The van der Waals surface area contributed by atoms with Crippen LogP contribution >= 0.6 is 0 Å². The lowest BCUT2D eigenvalue weighted by atomic mass is 10.1. The number of amides is 3. The van der Waals surface area contributed by atoms with Crippen LogP contribution in [0.4, 0.5) is 0 Å². The number of rotatable bonds is 7. The standard InChI is InChI=1S/C15H26N4O6/c1-7(16)12(21)18-11(9(3)20)13(22)17-8(2)14(23)19-6-4-5-10(19)15(24)25/h7-11,20H,4-6,16H2,1-3H3,(H,17,22)(H,18,21)(H,24,25)/t7-,8-,9+,10-,11-/m0/s1. The molecule has 0 unspecified atom stereocenters. The topological polar surface area (TPSA) is 162 Å². The van der Waals surface area contributed by atoms with E-state index in [1.165, 1.54) is 25.7 Å². The molecule has 0 aliphatic carbocycles. The van der Waals surface area contributed by atoms with E-state index in [9.17, 15) is 24.3 Å². The first kappa shape index (κ1) is 20.8. The number of aliphatic hydroxyl groups excluding tert-OH is 1. The summed E-state index contributed by atoms with van der Waals surface area (Å²) in [5.41, 5.74) is 5.42. The minimum atomic E-state index is -1.28. The zero-order chi connectivity index (χ0) is 19.3. The molecule has 10 nitrogen and oxygen atoms in total. The van der Waals surface area contributed by atoms with Crippen molar-refractivity contribution in [3.05, 3.63) is 0 Å². The summed E-state index contributed by atoms with van der Waals surface area (Å²) < 4.78 is 0. The van der Waals surface area contributed by atoms with Gasteiger partial charge in [0.25, 0.3) is 0 Å². The van der Waals surface area contributed by atoms with Crippen molar-refractivity contribution < 1.29 is 29.4 Å². The van der Waals surface area contributed by atoms with Crippen LogP contribution in [-0.4, -0.2) is 75.6 Å². The van der Waals surface area contributed by atoms with Crippen molar-refractivity contribution in [3.8, 4) is 0 Å². The Morgan fingerprint density at radius 3 is 2.20 bits per heavy atom. The highest BCUT2D eigenvalue weighted by Gasteiger charge is 2.37. The molecule has 0 bridgehead atoms. The molecule has 1 aliphatic heterocycles. The van der Waals surface area contributed by atoms with Crippen molar-refractivity contribution in [2.24, 2.45) is 5.73 Å². The van der Waals surface area contributed by atoms with Gasteiger partial charge in [0.15, 0.2) is 0 Å². The predicted octanol–water partition coefficient (Wildman–Crippen LogP) is -2.22. The molecule has 1 heterocycles. The summed E-state index contributed by atoms with van der Waals surface area (Å²) in [6.07, 6.45) is -0.268. The Morgan fingerprint density at radius 1 is 1.12 bits per heavy atom. The highest BCUT2D eigenvalue weighted by molar-refractivity contribution is 5.94. The van der Waals surface area contributed by atoms with Gasteiger partial charge in [-0.3, -0.25) is 14.4 Å². The molecular weight excluding hydrogens is 332 g/mol. The summed E-state index contributed by atoms with van der Waals surface area (Å²) in [4.78, 5) is 48.7. The van der Waals surface area contributed by atoms with Gasteiger partial charge in [0.05, 0.1) is 12.1 Å². The summed E-state index contributed by atoms with van der Waals surface area (Å²) in [5, 5.41) is 23.6. The molecule has 1 rings (SSSR count). The average Bonchev–Trinajstić information content (AvgIpc) is 3.00. The highest BCUT2D eigenvalue weighted by atomic mass is 16.4. The molecule has 142 valence electrons. The fraction of sp³-hybridized carbons (Fsp3) is 0.733. The molecule has 0 radical (unpaired) electrons. The first-order valence-electron chi connectivity index (χ1n) is 8.14. The van der Waals surface area contributed by atoms with Crippen molar-refractivity contribution >= 4 is 23.7 Å². The predicted molar refractivity (Wildman–Crippen MR) is 87.2 cm³/mol. The van der Waals surface area contributed by atoms with Crippen molar-refractivity contribution in [3.63, 3.8) is 0 Å². The van der Waals surface area contributed by atoms with Gasteiger partial charge >= 0.3 is 5.97 Å². The molecule has 1 aliphatic rings. The quantitative estimate of drug-likeness (QED) is 0.344. The Morgan fingerprint density at radius 2 is 1.72 bits per heavy atom. The number of hydrogen-bond acceptors (Lipinski definition) is 6. The lowest BCUT2D eigenvalue weighted by molar-refractivity contribution is -0.149. The van der Waals surface area contributed by atoms with E-state index in [1.807, 2.05) is 0 Å². The third-order valence-corrected chi connectivity index (χ3v) is 4.03. The van der Waals surface area contributed by atoms with E-state index >= 15 is 0 Å². The van der Waals surface area contributed by atoms with Crippen molar-refractivity contribution in [2.45, 2.75) is 63.9 Å². The van der Waals surface area contributed by atoms with Gasteiger partial charge in [0, 0.05) is 6.54 Å². The van der Waals surface area contributed by atoms with Gasteiger partial charge in [-0.1, -0.05) is 0 Å². The molecular formula is C15H26N4O6. The number of carboxylic acid groups (broad SMARTS) is 1. The fourth-order valence-corrected chi connectivity index (χ4v) is 2.59. The number of aliphatic hydroxyl groups is 1. The molecule has 0 aromatic rings. The van der Waals surface area contributed by atoms with Crippen molar-refractivity contribution in [1.29, 1.82) is 0 Å². The number of nitrogens with one attached hydrogen (secondary N) is 2. The Labute approximate surface area is 145 Å². The number of nitrogens with two attached hydrogens (primary N) is 1. The molecule has 25 heavy (non-hydrogen) atoms. The number of carbonyl (C=O) groups is 4. The van der Waals surface area contributed by atoms with Gasteiger partial charge in [-0.2, -0.15) is 0 Å². The number of aliphatic carboxylic acids is 1. The molecule has 1 saturated heterocycles. The van der Waals surface area contributed by atoms with E-state index in [4.69, 9.17) is 10.8 Å². The Balaban J connectivity index is 2.74. The van der Waals surface area contributed by atoms with E-state index in [1.54, 1.807) is 0 Å².